The molecule has 0 bridgehead atoms. The third-order valence-electron chi connectivity index (χ3n) is 12.1. The number of hydrogen-bond acceptors (Lipinski definition) is 10. The lowest BCUT2D eigenvalue weighted by atomic mass is 9.87. The van der Waals surface area contributed by atoms with Gasteiger partial charge in [-0.15, -0.1) is 0 Å². The van der Waals surface area contributed by atoms with Crippen LogP contribution in [0.25, 0.3) is 0 Å². The zero-order valence-corrected chi connectivity index (χ0v) is 40.0. The minimum absolute atomic E-state index is 0.00409. The van der Waals surface area contributed by atoms with Gasteiger partial charge in [-0.05, 0) is 62.2 Å². The van der Waals surface area contributed by atoms with Crippen molar-refractivity contribution in [3.8, 4) is 0 Å². The Labute approximate surface area is 383 Å². The Balaban J connectivity index is 0.00000191. The number of aliphatic carboxylic acids is 1. The van der Waals surface area contributed by atoms with Crippen molar-refractivity contribution >= 4 is 29.6 Å². The number of nitrogens with zero attached hydrogens (tertiary/aromatic N) is 2. The molecule has 0 saturated carbocycles. The van der Waals surface area contributed by atoms with E-state index in [-0.39, 0.29) is 65.9 Å². The first kappa shape index (κ1) is 56.7. The Hall–Kier alpha value is -4.42. The number of rotatable bonds is 24. The molecule has 1 saturated heterocycles. The lowest BCUT2D eigenvalue weighted by Gasteiger charge is -2.43. The quantitative estimate of drug-likeness (QED) is 0.0992. The number of alkyl halides is 3. The average molecular weight is 922 g/mol. The summed E-state index contributed by atoms with van der Waals surface area (Å²) in [7, 11) is 6.81. The summed E-state index contributed by atoms with van der Waals surface area (Å²) in [5.41, 5.74) is 2.15. The van der Waals surface area contributed by atoms with Crippen LogP contribution in [0.2, 0.25) is 0 Å². The van der Waals surface area contributed by atoms with Crippen molar-refractivity contribution in [1.82, 2.24) is 25.8 Å². The molecule has 1 fully saturated rings. The normalized spacial score (nSPS) is 17.9. The zero-order valence-electron chi connectivity index (χ0n) is 40.0. The second kappa shape index (κ2) is 27.9. The van der Waals surface area contributed by atoms with E-state index >= 15 is 0 Å². The lowest BCUT2D eigenvalue weighted by molar-refractivity contribution is -0.192. The molecular weight excluding hydrogens is 848 g/mol. The van der Waals surface area contributed by atoms with Crippen LogP contribution in [0.15, 0.2) is 60.7 Å². The molecule has 9 atom stereocenters. The van der Waals surface area contributed by atoms with E-state index < -0.39 is 42.4 Å². The number of amides is 4. The van der Waals surface area contributed by atoms with Gasteiger partial charge in [0.15, 0.2) is 0 Å². The van der Waals surface area contributed by atoms with Crippen molar-refractivity contribution < 1.29 is 56.5 Å². The van der Waals surface area contributed by atoms with E-state index in [1.54, 1.807) is 21.3 Å². The number of likely N-dealkylation sites (N-methyl/N-ethyl adjacent to an activating group) is 2. The molecule has 14 nitrogen and oxygen atoms in total. The number of carboxylic acid groups (broad SMARTS) is 1. The van der Waals surface area contributed by atoms with Gasteiger partial charge in [-0.3, -0.25) is 29.4 Å². The summed E-state index contributed by atoms with van der Waals surface area (Å²) in [5, 5.41) is 16.0. The van der Waals surface area contributed by atoms with Crippen molar-refractivity contribution in [2.75, 3.05) is 41.5 Å². The van der Waals surface area contributed by atoms with Crippen LogP contribution in [0.1, 0.15) is 85.3 Å². The molecule has 1 aliphatic heterocycles. The number of methoxy groups -OCH3 is 2. The first-order chi connectivity index (χ1) is 30.6. The fraction of sp³-hybridized carbons (Fsp3) is 0.646. The van der Waals surface area contributed by atoms with Gasteiger partial charge >= 0.3 is 12.1 Å². The second-order valence-electron chi connectivity index (χ2n) is 17.6. The molecule has 2 aromatic rings. The minimum atomic E-state index is -5.08. The summed E-state index contributed by atoms with van der Waals surface area (Å²) in [6.45, 7) is 15.1. The standard InChI is InChI=1S/C46H73N5O7.C2HF3O2/c1-12-32(6)42(50(9)41(31(4)5)46(55)49-45(54)40(47-8)30(2)3)38(56-10)27-39(52)51-25-19-24-37(51)43(57-11)33(7)44(53)48-36(26-34-20-15-13-16-21-34)29-58-28-35-22-17-14-18-23-35;3-2(4,5)1(6)7/h13-18,20-23,30-33,36-38,40-43,47H,12,19,24-29H2,1-11H3,(H,48,53)(H,49,54,55);(H,6,7)/t32-,33+,36-,37-,38+,40-,41-,42-,43+;/m0./s1. The molecule has 4 N–H and O–H groups in total. The molecule has 17 heteroatoms. The average Bonchev–Trinajstić information content (AvgIpc) is 3.74. The van der Waals surface area contributed by atoms with Gasteiger partial charge in [0.1, 0.15) is 0 Å². The molecule has 1 heterocycles. The van der Waals surface area contributed by atoms with Gasteiger partial charge in [0.2, 0.25) is 23.6 Å². The number of hydrogen-bond donors (Lipinski definition) is 4. The summed E-state index contributed by atoms with van der Waals surface area (Å²) >= 11 is 0. The number of carbonyl (C=O) groups is 5. The first-order valence-corrected chi connectivity index (χ1v) is 22.5. The smallest absolute Gasteiger partial charge is 0.475 e. The largest absolute Gasteiger partial charge is 0.490 e. The van der Waals surface area contributed by atoms with E-state index in [0.717, 1.165) is 24.0 Å². The van der Waals surface area contributed by atoms with Crippen molar-refractivity contribution in [3.63, 3.8) is 0 Å². The van der Waals surface area contributed by atoms with Gasteiger partial charge < -0.3 is 34.9 Å². The molecule has 1 aliphatic rings. The molecule has 65 heavy (non-hydrogen) atoms. The highest BCUT2D eigenvalue weighted by Crippen LogP contribution is 2.30. The van der Waals surface area contributed by atoms with Gasteiger partial charge in [0.25, 0.3) is 0 Å². The molecule has 4 amide bonds. The van der Waals surface area contributed by atoms with Crippen molar-refractivity contribution in [2.24, 2.45) is 23.7 Å². The van der Waals surface area contributed by atoms with E-state index in [4.69, 9.17) is 24.1 Å². The van der Waals surface area contributed by atoms with E-state index in [1.807, 2.05) is 112 Å². The first-order valence-electron chi connectivity index (χ1n) is 22.5. The summed E-state index contributed by atoms with van der Waals surface area (Å²) in [5.74, 6) is -4.38. The predicted molar refractivity (Wildman–Crippen MR) is 242 cm³/mol. The maximum atomic E-state index is 14.4. The monoisotopic (exact) mass is 922 g/mol. The predicted octanol–water partition coefficient (Wildman–Crippen LogP) is 5.87. The molecule has 366 valence electrons. The molecule has 3 rings (SSSR count). The number of halogens is 3. The minimum Gasteiger partial charge on any atom is -0.475 e. The number of benzene rings is 2. The van der Waals surface area contributed by atoms with Crippen molar-refractivity contribution in [3.05, 3.63) is 71.8 Å². The fourth-order valence-electron chi connectivity index (χ4n) is 8.65. The SMILES string of the molecule is CC[C@H](C)[C@@H]([C@@H](CC(=O)N1CCC[C@H]1[C@H](OC)[C@@H](C)C(=O)N[C@H](COCc1ccccc1)Cc1ccccc1)OC)N(C)[C@H](C(=O)NC(=O)[C@@H](NC)C(C)C)C(C)C.O=C(O)C(F)(F)F. The van der Waals surface area contributed by atoms with Gasteiger partial charge in [-0.1, -0.05) is 116 Å². The number of carbonyl (C=O) groups excluding carboxylic acids is 4. The van der Waals surface area contributed by atoms with Gasteiger partial charge in [0.05, 0.1) is 61.9 Å². The molecule has 0 aromatic heterocycles. The summed E-state index contributed by atoms with van der Waals surface area (Å²) in [6.07, 6.45) is -3.20. The van der Waals surface area contributed by atoms with Crippen LogP contribution < -0.4 is 16.0 Å². The number of likely N-dealkylation sites (tertiary alicyclic amines) is 1. The molecule has 0 radical (unpaired) electrons. The van der Waals surface area contributed by atoms with Crippen LogP contribution in [0.4, 0.5) is 13.2 Å². The summed E-state index contributed by atoms with van der Waals surface area (Å²) < 4.78 is 50.0. The molecule has 2 aromatic carbocycles. The van der Waals surface area contributed by atoms with E-state index in [2.05, 4.69) is 29.8 Å². The van der Waals surface area contributed by atoms with Gasteiger partial charge in [-0.2, -0.15) is 13.2 Å². The van der Waals surface area contributed by atoms with Crippen LogP contribution in [0.3, 0.4) is 0 Å². The topological polar surface area (TPSA) is 176 Å². The second-order valence-corrected chi connectivity index (χ2v) is 17.6. The highest BCUT2D eigenvalue weighted by molar-refractivity contribution is 6.00. The van der Waals surface area contributed by atoms with Crippen LogP contribution in [-0.2, 0) is 51.2 Å². The molecule has 0 spiro atoms. The van der Waals surface area contributed by atoms with Gasteiger partial charge in [-0.25, -0.2) is 4.79 Å². The highest BCUT2D eigenvalue weighted by Gasteiger charge is 2.44. The number of nitrogens with one attached hydrogen (secondary N) is 3. The molecular formula is C48H74F3N5O9. The number of ether oxygens (including phenoxy) is 3. The van der Waals surface area contributed by atoms with Crippen molar-refractivity contribution in [1.29, 1.82) is 0 Å². The highest BCUT2D eigenvalue weighted by atomic mass is 19.4. The van der Waals surface area contributed by atoms with Crippen molar-refractivity contribution in [2.45, 2.75) is 136 Å². The molecule has 0 unspecified atom stereocenters. The van der Waals surface area contributed by atoms with Gasteiger partial charge in [0, 0.05) is 26.8 Å². The number of carboxylic acids is 1. The number of imide groups is 1. The van der Waals surface area contributed by atoms with E-state index in [9.17, 15) is 32.3 Å². The lowest BCUT2D eigenvalue weighted by Crippen LogP contribution is -2.60. The van der Waals surface area contributed by atoms with Crippen LogP contribution in [-0.4, -0.2) is 135 Å². The van der Waals surface area contributed by atoms with Crippen LogP contribution >= 0.6 is 0 Å². The van der Waals surface area contributed by atoms with Crippen LogP contribution in [0, 0.1) is 23.7 Å². The fourth-order valence-corrected chi connectivity index (χ4v) is 8.65. The zero-order chi connectivity index (χ0) is 49.0. The van der Waals surface area contributed by atoms with E-state index in [1.165, 1.54) is 0 Å². The summed E-state index contributed by atoms with van der Waals surface area (Å²) in [6, 6.07) is 17.9. The third-order valence-corrected chi connectivity index (χ3v) is 12.1. The molecule has 0 aliphatic carbocycles. The Kier molecular flexibility index (Phi) is 24.4. The Morgan fingerprint density at radius 1 is 0.862 bits per heavy atom. The Bertz CT molecular complexity index is 1750. The third kappa shape index (κ3) is 17.7. The maximum absolute atomic E-state index is 14.4. The summed E-state index contributed by atoms with van der Waals surface area (Å²) in [4.78, 5) is 68.0. The maximum Gasteiger partial charge on any atom is 0.490 e. The van der Waals surface area contributed by atoms with E-state index in [0.29, 0.717) is 32.6 Å². The Morgan fingerprint density at radius 2 is 1.43 bits per heavy atom. The van der Waals surface area contributed by atoms with Crippen LogP contribution in [0.5, 0.6) is 0 Å². The Morgan fingerprint density at radius 3 is 1.91 bits per heavy atom.